The molecule has 0 amide bonds. The first kappa shape index (κ1) is 16.5. The first-order valence-corrected chi connectivity index (χ1v) is 7.88. The van der Waals surface area contributed by atoms with Gasteiger partial charge in [0.05, 0.1) is 23.3 Å². The molecular weight excluding hydrogens is 354 g/mol. The van der Waals surface area contributed by atoms with Crippen LogP contribution in [-0.4, -0.2) is 14.3 Å². The summed E-state index contributed by atoms with van der Waals surface area (Å²) < 4.78 is 16.2. The van der Waals surface area contributed by atoms with E-state index in [0.29, 0.717) is 29.2 Å². The molecule has 2 heterocycles. The molecule has 124 valence electrons. The Morgan fingerprint density at radius 1 is 1.25 bits per heavy atom. The quantitative estimate of drug-likeness (QED) is 0.767. The van der Waals surface area contributed by atoms with Gasteiger partial charge in [0.1, 0.15) is 10.8 Å². The molecule has 8 heteroatoms. The number of rotatable bonds is 3. The molecule has 0 radical (unpaired) electrons. The van der Waals surface area contributed by atoms with Gasteiger partial charge in [-0.3, -0.25) is 4.79 Å². The molecule has 0 saturated heterocycles. The van der Waals surface area contributed by atoms with Gasteiger partial charge in [-0.15, -0.1) is 0 Å². The topological polar surface area (TPSA) is 65.8 Å². The average Bonchev–Trinajstić information content (AvgIpc) is 2.90. The molecule has 1 aromatic carbocycles. The van der Waals surface area contributed by atoms with Crippen LogP contribution in [0.2, 0.25) is 10.2 Å². The van der Waals surface area contributed by atoms with Gasteiger partial charge in [-0.25, -0.2) is 9.07 Å². The third kappa shape index (κ3) is 2.68. The Morgan fingerprint density at radius 3 is 2.46 bits per heavy atom. The SMILES string of the molecule is CCn1c(-c2ccc(F)cc2)c(-n2ncc(N)c2Cl)cc(Cl)c1=O. The van der Waals surface area contributed by atoms with Gasteiger partial charge in [0, 0.05) is 12.1 Å². The van der Waals surface area contributed by atoms with E-state index in [-0.39, 0.29) is 21.6 Å². The molecule has 3 rings (SSSR count). The first-order valence-electron chi connectivity index (χ1n) is 7.12. The van der Waals surface area contributed by atoms with Crippen LogP contribution in [0.1, 0.15) is 6.92 Å². The van der Waals surface area contributed by atoms with Gasteiger partial charge in [-0.2, -0.15) is 5.10 Å². The Hall–Kier alpha value is -2.31. The average molecular weight is 367 g/mol. The second kappa shape index (κ2) is 6.30. The first-order chi connectivity index (χ1) is 11.4. The van der Waals surface area contributed by atoms with Crippen LogP contribution in [0.15, 0.2) is 41.3 Å². The van der Waals surface area contributed by atoms with Crippen LogP contribution >= 0.6 is 23.2 Å². The summed E-state index contributed by atoms with van der Waals surface area (Å²) in [5, 5.41) is 4.38. The van der Waals surface area contributed by atoms with Gasteiger partial charge in [-0.1, -0.05) is 23.2 Å². The fraction of sp³-hybridized carbons (Fsp3) is 0.125. The Bertz CT molecular complexity index is 963. The number of hydrogen-bond donors (Lipinski definition) is 1. The molecule has 0 aliphatic carbocycles. The van der Waals surface area contributed by atoms with Crippen LogP contribution in [0.4, 0.5) is 10.1 Å². The third-order valence-electron chi connectivity index (χ3n) is 3.62. The molecule has 0 fully saturated rings. The minimum Gasteiger partial charge on any atom is -0.395 e. The molecule has 0 bridgehead atoms. The number of hydrogen-bond acceptors (Lipinski definition) is 3. The van der Waals surface area contributed by atoms with Crippen LogP contribution < -0.4 is 11.3 Å². The number of anilines is 1. The molecule has 2 aromatic heterocycles. The normalized spacial score (nSPS) is 11.0. The van der Waals surface area contributed by atoms with Crippen LogP contribution in [0, 0.1) is 5.82 Å². The van der Waals surface area contributed by atoms with Crippen molar-refractivity contribution in [1.29, 1.82) is 0 Å². The third-order valence-corrected chi connectivity index (χ3v) is 4.27. The van der Waals surface area contributed by atoms with Gasteiger partial charge in [0.25, 0.3) is 5.56 Å². The lowest BCUT2D eigenvalue weighted by atomic mass is 10.1. The summed E-state index contributed by atoms with van der Waals surface area (Å²) >= 11 is 12.3. The van der Waals surface area contributed by atoms with Crippen molar-refractivity contribution in [3.63, 3.8) is 0 Å². The summed E-state index contributed by atoms with van der Waals surface area (Å²) in [6.07, 6.45) is 1.41. The van der Waals surface area contributed by atoms with Crippen molar-refractivity contribution in [2.75, 3.05) is 5.73 Å². The van der Waals surface area contributed by atoms with Gasteiger partial charge >= 0.3 is 0 Å². The van der Waals surface area contributed by atoms with E-state index in [9.17, 15) is 9.18 Å². The van der Waals surface area contributed by atoms with Gasteiger partial charge in [0.15, 0.2) is 5.15 Å². The lowest BCUT2D eigenvalue weighted by molar-refractivity contribution is 0.628. The van der Waals surface area contributed by atoms with Crippen LogP contribution in [-0.2, 0) is 6.54 Å². The van der Waals surface area contributed by atoms with Crippen molar-refractivity contribution in [3.8, 4) is 16.9 Å². The van der Waals surface area contributed by atoms with Gasteiger partial charge < -0.3 is 10.3 Å². The highest BCUT2D eigenvalue weighted by Crippen LogP contribution is 2.31. The molecule has 2 N–H and O–H groups in total. The largest absolute Gasteiger partial charge is 0.395 e. The summed E-state index contributed by atoms with van der Waals surface area (Å²) in [6, 6.07) is 7.27. The van der Waals surface area contributed by atoms with E-state index in [1.807, 2.05) is 6.92 Å². The zero-order chi connectivity index (χ0) is 17.4. The Labute approximate surface area is 147 Å². The van der Waals surface area contributed by atoms with Crippen molar-refractivity contribution in [2.45, 2.75) is 13.5 Å². The summed E-state index contributed by atoms with van der Waals surface area (Å²) in [5.74, 6) is -0.374. The van der Waals surface area contributed by atoms with Crippen LogP contribution in [0.25, 0.3) is 16.9 Å². The maximum atomic E-state index is 13.3. The van der Waals surface area contributed by atoms with Gasteiger partial charge in [0.2, 0.25) is 0 Å². The molecule has 0 aliphatic heterocycles. The highest BCUT2D eigenvalue weighted by atomic mass is 35.5. The smallest absolute Gasteiger partial charge is 0.269 e. The molecule has 0 unspecified atom stereocenters. The van der Waals surface area contributed by atoms with Crippen molar-refractivity contribution in [2.24, 2.45) is 0 Å². The van der Waals surface area contributed by atoms with Crippen LogP contribution in [0.5, 0.6) is 0 Å². The highest BCUT2D eigenvalue weighted by molar-refractivity contribution is 6.32. The van der Waals surface area contributed by atoms with Crippen molar-refractivity contribution in [3.05, 3.63) is 62.9 Å². The zero-order valence-electron chi connectivity index (χ0n) is 12.6. The van der Waals surface area contributed by atoms with E-state index in [2.05, 4.69) is 5.10 Å². The summed E-state index contributed by atoms with van der Waals surface area (Å²) in [5.41, 5.74) is 7.35. The maximum absolute atomic E-state index is 13.3. The number of nitrogen functional groups attached to an aromatic ring is 1. The van der Waals surface area contributed by atoms with Crippen LogP contribution in [0.3, 0.4) is 0 Å². The predicted octanol–water partition coefficient (Wildman–Crippen LogP) is 3.75. The minimum atomic E-state index is -0.374. The fourth-order valence-electron chi connectivity index (χ4n) is 2.51. The Kier molecular flexibility index (Phi) is 4.34. The van der Waals surface area contributed by atoms with E-state index in [0.717, 1.165) is 0 Å². The summed E-state index contributed by atoms with van der Waals surface area (Å²) in [4.78, 5) is 12.4. The lowest BCUT2D eigenvalue weighted by Crippen LogP contribution is -2.23. The summed E-state index contributed by atoms with van der Waals surface area (Å²) in [7, 11) is 0. The molecule has 0 atom stereocenters. The number of aromatic nitrogens is 3. The molecule has 0 spiro atoms. The molecule has 24 heavy (non-hydrogen) atoms. The second-order valence-electron chi connectivity index (χ2n) is 5.08. The summed E-state index contributed by atoms with van der Waals surface area (Å²) in [6.45, 7) is 2.18. The fourth-order valence-corrected chi connectivity index (χ4v) is 2.90. The molecule has 0 saturated carbocycles. The predicted molar refractivity (Wildman–Crippen MR) is 93.3 cm³/mol. The highest BCUT2D eigenvalue weighted by Gasteiger charge is 2.19. The zero-order valence-corrected chi connectivity index (χ0v) is 14.1. The number of halogens is 3. The monoisotopic (exact) mass is 366 g/mol. The molecule has 5 nitrogen and oxygen atoms in total. The Balaban J connectivity index is 2.40. The second-order valence-corrected chi connectivity index (χ2v) is 5.85. The number of benzene rings is 1. The number of nitrogens with two attached hydrogens (primary N) is 1. The lowest BCUT2D eigenvalue weighted by Gasteiger charge is -2.17. The van der Waals surface area contributed by atoms with E-state index in [1.54, 1.807) is 12.1 Å². The van der Waals surface area contributed by atoms with E-state index in [4.69, 9.17) is 28.9 Å². The molecule has 3 aromatic rings. The van der Waals surface area contributed by atoms with Crippen molar-refractivity contribution in [1.82, 2.24) is 14.3 Å². The van der Waals surface area contributed by atoms with Crippen molar-refractivity contribution >= 4 is 28.9 Å². The van der Waals surface area contributed by atoms with E-state index >= 15 is 0 Å². The van der Waals surface area contributed by atoms with Crippen molar-refractivity contribution < 1.29 is 4.39 Å². The maximum Gasteiger partial charge on any atom is 0.269 e. The number of nitrogens with zero attached hydrogens (tertiary/aromatic N) is 3. The minimum absolute atomic E-state index is 0.0304. The van der Waals surface area contributed by atoms with E-state index in [1.165, 1.54) is 33.6 Å². The Morgan fingerprint density at radius 2 is 1.92 bits per heavy atom. The number of pyridine rings is 1. The van der Waals surface area contributed by atoms with E-state index < -0.39 is 0 Å². The molecular formula is C16H13Cl2FN4O. The standard InChI is InChI=1S/C16H13Cl2FN4O/c1-2-22-14(9-3-5-10(19)6-4-9)13(7-11(17)16(22)24)23-15(18)12(20)8-21-23/h3-8H,2,20H2,1H3. The van der Waals surface area contributed by atoms with Gasteiger partial charge in [-0.05, 0) is 37.3 Å². The molecule has 0 aliphatic rings.